The summed E-state index contributed by atoms with van der Waals surface area (Å²) < 4.78 is 9.51. The molecule has 0 amide bonds. The van der Waals surface area contributed by atoms with Gasteiger partial charge in [0.05, 0.1) is 5.52 Å². The van der Waals surface area contributed by atoms with Crippen molar-refractivity contribution in [3.05, 3.63) is 69.0 Å². The number of aromatic nitrogens is 4. The zero-order chi connectivity index (χ0) is 23.2. The van der Waals surface area contributed by atoms with Crippen LogP contribution in [0.4, 0.5) is 0 Å². The van der Waals surface area contributed by atoms with Crippen molar-refractivity contribution in [1.82, 2.24) is 24.6 Å². The van der Waals surface area contributed by atoms with Crippen molar-refractivity contribution < 1.29 is 4.42 Å². The van der Waals surface area contributed by atoms with E-state index in [2.05, 4.69) is 15.5 Å². The predicted molar refractivity (Wildman–Crippen MR) is 136 cm³/mol. The van der Waals surface area contributed by atoms with Gasteiger partial charge in [0.1, 0.15) is 11.2 Å². The van der Waals surface area contributed by atoms with E-state index in [-0.39, 0.29) is 41.7 Å². The van der Waals surface area contributed by atoms with Gasteiger partial charge in [-0.05, 0) is 37.6 Å². The molecule has 4 heterocycles. The molecule has 34 heavy (non-hydrogen) atoms. The average molecular weight is 502 g/mol. The molecule has 0 radical (unpaired) electrons. The van der Waals surface area contributed by atoms with Gasteiger partial charge < -0.3 is 9.73 Å². The zero-order valence-corrected chi connectivity index (χ0v) is 21.0. The van der Waals surface area contributed by atoms with Gasteiger partial charge in [0.25, 0.3) is 5.56 Å². The number of nitrogens with zero attached hydrogens (tertiary/aromatic N) is 4. The van der Waals surface area contributed by atoms with Crippen molar-refractivity contribution >= 4 is 34.0 Å². The summed E-state index contributed by atoms with van der Waals surface area (Å²) in [5.74, 6) is 0.870. The lowest BCUT2D eigenvalue weighted by molar-refractivity contribution is 0.340. The molecule has 1 N–H and O–H groups in total. The minimum absolute atomic E-state index is 0. The molecule has 0 spiro atoms. The van der Waals surface area contributed by atoms with E-state index in [1.54, 1.807) is 4.57 Å². The van der Waals surface area contributed by atoms with Crippen LogP contribution in [0.2, 0.25) is 0 Å². The first kappa shape index (κ1) is 24.4. The van der Waals surface area contributed by atoms with Crippen molar-refractivity contribution in [2.45, 2.75) is 51.6 Å². The minimum atomic E-state index is -0.327. The van der Waals surface area contributed by atoms with Gasteiger partial charge in [-0.2, -0.15) is 0 Å². The number of rotatable bonds is 4. The van der Waals surface area contributed by atoms with Crippen molar-refractivity contribution in [2.75, 3.05) is 13.1 Å². The number of piperidine rings is 1. The van der Waals surface area contributed by atoms with Gasteiger partial charge in [0.2, 0.25) is 11.8 Å². The molecule has 3 aromatic heterocycles. The summed E-state index contributed by atoms with van der Waals surface area (Å²) in [6.07, 6.45) is 1.48. The SMILES string of the molecule is CC(C)(C)c1nnc(Cn2c(=O)n(C3CCNCC3)c(=O)c3sc(-c4ccccc4)cc32)o1.Cl. The van der Waals surface area contributed by atoms with Crippen molar-refractivity contribution in [3.63, 3.8) is 0 Å². The maximum absolute atomic E-state index is 13.7. The summed E-state index contributed by atoms with van der Waals surface area (Å²) in [5, 5.41) is 11.7. The van der Waals surface area contributed by atoms with E-state index >= 15 is 0 Å². The van der Waals surface area contributed by atoms with Crippen LogP contribution in [0.25, 0.3) is 20.7 Å². The Balaban J connectivity index is 0.00000274. The Bertz CT molecular complexity index is 1410. The van der Waals surface area contributed by atoms with Crippen LogP contribution in [0.5, 0.6) is 0 Å². The third kappa shape index (κ3) is 4.47. The lowest BCUT2D eigenvalue weighted by atomic mass is 9.97. The number of hydrogen-bond acceptors (Lipinski definition) is 7. The third-order valence-electron chi connectivity index (χ3n) is 5.99. The fourth-order valence-electron chi connectivity index (χ4n) is 4.20. The second-order valence-electron chi connectivity index (χ2n) is 9.47. The van der Waals surface area contributed by atoms with E-state index in [1.807, 2.05) is 57.2 Å². The second kappa shape index (κ2) is 9.48. The first-order valence-corrected chi connectivity index (χ1v) is 12.0. The van der Waals surface area contributed by atoms with Crippen LogP contribution in [0, 0.1) is 0 Å². The van der Waals surface area contributed by atoms with Crippen LogP contribution >= 0.6 is 23.7 Å². The van der Waals surface area contributed by atoms with E-state index < -0.39 is 0 Å². The van der Waals surface area contributed by atoms with Crippen molar-refractivity contribution in [3.8, 4) is 10.4 Å². The number of fused-ring (bicyclic) bond motifs is 1. The fourth-order valence-corrected chi connectivity index (χ4v) is 5.31. The van der Waals surface area contributed by atoms with Gasteiger partial charge >= 0.3 is 5.69 Å². The van der Waals surface area contributed by atoms with Crippen LogP contribution in [0.15, 0.2) is 50.4 Å². The normalized spacial score (nSPS) is 14.9. The van der Waals surface area contributed by atoms with E-state index in [4.69, 9.17) is 4.42 Å². The van der Waals surface area contributed by atoms with Crippen molar-refractivity contribution in [2.24, 2.45) is 0 Å². The van der Waals surface area contributed by atoms with Gasteiger partial charge in [-0.15, -0.1) is 33.9 Å². The molecular weight excluding hydrogens is 474 g/mol. The number of hydrogen-bond donors (Lipinski definition) is 1. The Morgan fingerprint density at radius 2 is 1.82 bits per heavy atom. The molecule has 0 saturated carbocycles. The van der Waals surface area contributed by atoms with Gasteiger partial charge in [0, 0.05) is 16.3 Å². The second-order valence-corrected chi connectivity index (χ2v) is 10.5. The molecule has 8 nitrogen and oxygen atoms in total. The summed E-state index contributed by atoms with van der Waals surface area (Å²) >= 11 is 1.42. The van der Waals surface area contributed by atoms with Crippen LogP contribution in [-0.2, 0) is 12.0 Å². The average Bonchev–Trinajstić information content (AvgIpc) is 3.46. The predicted octanol–water partition coefficient (Wildman–Crippen LogP) is 3.97. The highest BCUT2D eigenvalue weighted by molar-refractivity contribution is 7.22. The monoisotopic (exact) mass is 501 g/mol. The number of benzene rings is 1. The van der Waals surface area contributed by atoms with Crippen LogP contribution in [-0.4, -0.2) is 32.4 Å². The maximum atomic E-state index is 13.7. The number of thiophene rings is 1. The largest absolute Gasteiger partial charge is 0.423 e. The molecule has 0 atom stereocenters. The Morgan fingerprint density at radius 3 is 2.47 bits per heavy atom. The van der Waals surface area contributed by atoms with Gasteiger partial charge in [-0.25, -0.2) is 4.79 Å². The first-order valence-electron chi connectivity index (χ1n) is 11.2. The van der Waals surface area contributed by atoms with Crippen LogP contribution in [0.1, 0.15) is 51.4 Å². The number of halogens is 1. The Labute approximate surface area is 207 Å². The molecule has 10 heteroatoms. The highest BCUT2D eigenvalue weighted by atomic mass is 35.5. The molecule has 5 rings (SSSR count). The highest BCUT2D eigenvalue weighted by Crippen LogP contribution is 2.32. The molecular formula is C24H28ClN5O3S. The topological polar surface area (TPSA) is 95.0 Å². The van der Waals surface area contributed by atoms with Crippen LogP contribution in [0.3, 0.4) is 0 Å². The molecule has 0 unspecified atom stereocenters. The molecule has 0 aliphatic carbocycles. The van der Waals surface area contributed by atoms with Gasteiger partial charge in [0.15, 0.2) is 0 Å². The van der Waals surface area contributed by atoms with Crippen LogP contribution < -0.4 is 16.6 Å². The molecule has 1 aliphatic rings. The van der Waals surface area contributed by atoms with E-state index in [0.717, 1.165) is 36.4 Å². The minimum Gasteiger partial charge on any atom is -0.423 e. The van der Waals surface area contributed by atoms with E-state index in [0.29, 0.717) is 22.0 Å². The number of nitrogens with one attached hydrogen (secondary N) is 1. The van der Waals surface area contributed by atoms with Crippen molar-refractivity contribution in [1.29, 1.82) is 0 Å². The van der Waals surface area contributed by atoms with E-state index in [9.17, 15) is 9.59 Å². The maximum Gasteiger partial charge on any atom is 0.332 e. The lowest BCUT2D eigenvalue weighted by Crippen LogP contribution is -2.45. The van der Waals surface area contributed by atoms with Gasteiger partial charge in [-0.3, -0.25) is 13.9 Å². The highest BCUT2D eigenvalue weighted by Gasteiger charge is 2.26. The summed E-state index contributed by atoms with van der Waals surface area (Å²) in [6.45, 7) is 7.68. The Hall–Kier alpha value is -2.75. The molecule has 1 saturated heterocycles. The summed E-state index contributed by atoms with van der Waals surface area (Å²) in [4.78, 5) is 28.1. The lowest BCUT2D eigenvalue weighted by Gasteiger charge is -2.24. The Kier molecular flexibility index (Phi) is 6.80. The summed E-state index contributed by atoms with van der Waals surface area (Å²) in [5.41, 5.74) is 0.786. The van der Waals surface area contributed by atoms with E-state index in [1.165, 1.54) is 15.9 Å². The quantitative estimate of drug-likeness (QED) is 0.454. The summed E-state index contributed by atoms with van der Waals surface area (Å²) in [7, 11) is 0. The Morgan fingerprint density at radius 1 is 1.12 bits per heavy atom. The first-order chi connectivity index (χ1) is 15.8. The smallest absolute Gasteiger partial charge is 0.332 e. The molecule has 4 aromatic rings. The fraction of sp³-hybridized carbons (Fsp3) is 0.417. The third-order valence-corrected chi connectivity index (χ3v) is 7.15. The molecule has 1 aromatic carbocycles. The summed E-state index contributed by atoms with van der Waals surface area (Å²) in [6, 6.07) is 11.7. The molecule has 1 aliphatic heterocycles. The molecule has 0 bridgehead atoms. The zero-order valence-electron chi connectivity index (χ0n) is 19.4. The molecule has 1 fully saturated rings. The van der Waals surface area contributed by atoms with Gasteiger partial charge in [-0.1, -0.05) is 51.1 Å². The standard InChI is InChI=1S/C24H27N5O3S.ClH/c1-24(2,3)22-27-26-19(32-22)14-28-17-13-18(15-7-5-4-6-8-15)33-20(17)21(30)29(23(28)31)16-9-11-25-12-10-16;/h4-8,13,16,25H,9-12,14H2,1-3H3;1H. The molecule has 180 valence electrons.